The van der Waals surface area contributed by atoms with Crippen molar-refractivity contribution in [2.24, 2.45) is 0 Å². The van der Waals surface area contributed by atoms with Crippen molar-refractivity contribution < 1.29 is 4.79 Å². The number of aromatic nitrogens is 2. The van der Waals surface area contributed by atoms with Gasteiger partial charge in [0.05, 0.1) is 0 Å². The van der Waals surface area contributed by atoms with Gasteiger partial charge in [0.15, 0.2) is 0 Å². The van der Waals surface area contributed by atoms with Crippen molar-refractivity contribution >= 4 is 11.9 Å². The molecule has 1 heterocycles. The van der Waals surface area contributed by atoms with Crippen LogP contribution in [0.3, 0.4) is 0 Å². The Hall–Kier alpha value is -2.43. The van der Waals surface area contributed by atoms with Crippen LogP contribution in [0.5, 0.6) is 0 Å². The topological polar surface area (TPSA) is 66.9 Å². The van der Waals surface area contributed by atoms with Gasteiger partial charge in [0.1, 0.15) is 0 Å². The lowest BCUT2D eigenvalue weighted by atomic mass is 9.98. The van der Waals surface area contributed by atoms with Gasteiger partial charge >= 0.3 is 0 Å². The Labute approximate surface area is 131 Å². The van der Waals surface area contributed by atoms with Gasteiger partial charge in [-0.2, -0.15) is 0 Å². The fraction of sp³-hybridized carbons (Fsp3) is 0.353. The second-order valence-corrected chi connectivity index (χ2v) is 5.20. The van der Waals surface area contributed by atoms with Gasteiger partial charge in [-0.15, -0.1) is 0 Å². The van der Waals surface area contributed by atoms with E-state index in [1.54, 1.807) is 18.5 Å². The second-order valence-electron chi connectivity index (χ2n) is 5.20. The Bertz CT molecular complexity index is 559. The minimum atomic E-state index is 0.0451. The van der Waals surface area contributed by atoms with Gasteiger partial charge in [0, 0.05) is 31.9 Å². The van der Waals surface area contributed by atoms with E-state index in [2.05, 4.69) is 39.7 Å². The molecule has 1 aromatic heterocycles. The summed E-state index contributed by atoms with van der Waals surface area (Å²) in [6.07, 6.45) is 4.68. The van der Waals surface area contributed by atoms with E-state index < -0.39 is 0 Å². The van der Waals surface area contributed by atoms with E-state index in [9.17, 15) is 4.79 Å². The summed E-state index contributed by atoms with van der Waals surface area (Å²) in [5, 5.41) is 5.97. The summed E-state index contributed by atoms with van der Waals surface area (Å²) in [4.78, 5) is 19.8. The molecular weight excluding hydrogens is 276 g/mol. The smallest absolute Gasteiger partial charge is 0.222 e. The monoisotopic (exact) mass is 298 g/mol. The SMILES string of the molecule is C[C@@H](CCNC(=O)CCNc1ncccn1)c1ccccc1. The molecule has 0 radical (unpaired) electrons. The summed E-state index contributed by atoms with van der Waals surface area (Å²) in [5.74, 6) is 1.04. The predicted octanol–water partition coefficient (Wildman–Crippen LogP) is 2.59. The summed E-state index contributed by atoms with van der Waals surface area (Å²) in [7, 11) is 0. The number of amides is 1. The van der Waals surface area contributed by atoms with E-state index in [1.807, 2.05) is 18.2 Å². The quantitative estimate of drug-likeness (QED) is 0.786. The number of hydrogen-bond acceptors (Lipinski definition) is 4. The maximum Gasteiger partial charge on any atom is 0.222 e. The van der Waals surface area contributed by atoms with Crippen LogP contribution in [-0.4, -0.2) is 29.0 Å². The van der Waals surface area contributed by atoms with E-state index in [1.165, 1.54) is 5.56 Å². The van der Waals surface area contributed by atoms with Gasteiger partial charge in [-0.3, -0.25) is 4.79 Å². The number of nitrogens with one attached hydrogen (secondary N) is 2. The van der Waals surface area contributed by atoms with E-state index in [0.29, 0.717) is 31.4 Å². The van der Waals surface area contributed by atoms with E-state index in [-0.39, 0.29) is 5.91 Å². The number of carbonyl (C=O) groups excluding carboxylic acids is 1. The van der Waals surface area contributed by atoms with Gasteiger partial charge in [-0.1, -0.05) is 37.3 Å². The van der Waals surface area contributed by atoms with Crippen molar-refractivity contribution in [2.75, 3.05) is 18.4 Å². The van der Waals surface area contributed by atoms with Gasteiger partial charge < -0.3 is 10.6 Å². The number of anilines is 1. The van der Waals surface area contributed by atoms with E-state index >= 15 is 0 Å². The molecular formula is C17H22N4O. The number of benzene rings is 1. The highest BCUT2D eigenvalue weighted by atomic mass is 16.1. The standard InChI is InChI=1S/C17H22N4O/c1-14(15-6-3-2-4-7-15)8-12-18-16(22)9-13-21-17-19-10-5-11-20-17/h2-7,10-11,14H,8-9,12-13H2,1H3,(H,18,22)(H,19,20,21)/t14-/m0/s1. The molecule has 2 N–H and O–H groups in total. The molecule has 1 aromatic carbocycles. The summed E-state index contributed by atoms with van der Waals surface area (Å²) in [5.41, 5.74) is 1.31. The van der Waals surface area contributed by atoms with Crippen molar-refractivity contribution in [2.45, 2.75) is 25.7 Å². The maximum atomic E-state index is 11.8. The third-order valence-corrected chi connectivity index (χ3v) is 3.47. The van der Waals surface area contributed by atoms with Crippen molar-refractivity contribution in [1.29, 1.82) is 0 Å². The Morgan fingerprint density at radius 3 is 2.55 bits per heavy atom. The zero-order valence-corrected chi connectivity index (χ0v) is 12.8. The molecule has 0 aliphatic carbocycles. The first-order valence-corrected chi connectivity index (χ1v) is 7.58. The molecule has 0 aliphatic rings. The largest absolute Gasteiger partial charge is 0.356 e. The zero-order chi connectivity index (χ0) is 15.6. The molecule has 1 amide bonds. The Kier molecular flexibility index (Phi) is 6.36. The molecule has 2 aromatic rings. The zero-order valence-electron chi connectivity index (χ0n) is 12.8. The molecule has 0 spiro atoms. The lowest BCUT2D eigenvalue weighted by Crippen LogP contribution is -2.27. The van der Waals surface area contributed by atoms with Crippen LogP contribution in [-0.2, 0) is 4.79 Å². The van der Waals surface area contributed by atoms with Crippen LogP contribution >= 0.6 is 0 Å². The third-order valence-electron chi connectivity index (χ3n) is 3.47. The highest BCUT2D eigenvalue weighted by molar-refractivity contribution is 5.76. The first-order valence-electron chi connectivity index (χ1n) is 7.58. The number of nitrogens with zero attached hydrogens (tertiary/aromatic N) is 2. The summed E-state index contributed by atoms with van der Waals surface area (Å²) in [6, 6.07) is 12.1. The molecule has 0 unspecified atom stereocenters. The molecule has 0 bridgehead atoms. The molecule has 22 heavy (non-hydrogen) atoms. The van der Waals surface area contributed by atoms with Crippen LogP contribution in [0.2, 0.25) is 0 Å². The Morgan fingerprint density at radius 1 is 1.09 bits per heavy atom. The summed E-state index contributed by atoms with van der Waals surface area (Å²) < 4.78 is 0. The first-order chi connectivity index (χ1) is 10.8. The molecule has 1 atom stereocenters. The van der Waals surface area contributed by atoms with Gasteiger partial charge in [-0.25, -0.2) is 9.97 Å². The third kappa shape index (κ3) is 5.52. The lowest BCUT2D eigenvalue weighted by Gasteiger charge is -2.12. The molecule has 0 saturated heterocycles. The maximum absolute atomic E-state index is 11.8. The second kappa shape index (κ2) is 8.77. The van der Waals surface area contributed by atoms with Crippen molar-refractivity contribution in [3.8, 4) is 0 Å². The van der Waals surface area contributed by atoms with Crippen molar-refractivity contribution in [3.63, 3.8) is 0 Å². The fourth-order valence-corrected chi connectivity index (χ4v) is 2.14. The number of rotatable bonds is 8. The van der Waals surface area contributed by atoms with Gasteiger partial charge in [0.25, 0.3) is 0 Å². The van der Waals surface area contributed by atoms with Crippen LogP contribution in [0, 0.1) is 0 Å². The average molecular weight is 298 g/mol. The molecule has 116 valence electrons. The van der Waals surface area contributed by atoms with Crippen LogP contribution in [0.4, 0.5) is 5.95 Å². The molecule has 0 aliphatic heterocycles. The highest BCUT2D eigenvalue weighted by Crippen LogP contribution is 2.17. The first kappa shape index (κ1) is 15.9. The minimum Gasteiger partial charge on any atom is -0.356 e. The average Bonchev–Trinajstić information content (AvgIpc) is 2.56. The van der Waals surface area contributed by atoms with Crippen molar-refractivity contribution in [1.82, 2.24) is 15.3 Å². The molecule has 5 heteroatoms. The number of carbonyl (C=O) groups is 1. The lowest BCUT2D eigenvalue weighted by molar-refractivity contribution is -0.120. The summed E-state index contributed by atoms with van der Waals surface area (Å²) in [6.45, 7) is 3.40. The molecule has 0 saturated carbocycles. The van der Waals surface area contributed by atoms with Crippen LogP contribution in [0.1, 0.15) is 31.2 Å². The van der Waals surface area contributed by atoms with E-state index in [4.69, 9.17) is 0 Å². The van der Waals surface area contributed by atoms with Gasteiger partial charge in [-0.05, 0) is 24.0 Å². The number of hydrogen-bond donors (Lipinski definition) is 2. The molecule has 5 nitrogen and oxygen atoms in total. The Morgan fingerprint density at radius 2 is 1.82 bits per heavy atom. The Balaban J connectivity index is 1.60. The van der Waals surface area contributed by atoms with Crippen molar-refractivity contribution in [3.05, 3.63) is 54.4 Å². The predicted molar refractivity (Wildman–Crippen MR) is 87.6 cm³/mol. The van der Waals surface area contributed by atoms with Crippen LogP contribution < -0.4 is 10.6 Å². The van der Waals surface area contributed by atoms with Gasteiger partial charge in [0.2, 0.25) is 11.9 Å². The van der Waals surface area contributed by atoms with E-state index in [0.717, 1.165) is 6.42 Å². The fourth-order valence-electron chi connectivity index (χ4n) is 2.14. The normalized spacial score (nSPS) is 11.7. The molecule has 0 fully saturated rings. The highest BCUT2D eigenvalue weighted by Gasteiger charge is 2.06. The minimum absolute atomic E-state index is 0.0451. The van der Waals surface area contributed by atoms with Crippen LogP contribution in [0.15, 0.2) is 48.8 Å². The molecule has 2 rings (SSSR count). The van der Waals surface area contributed by atoms with Crippen LogP contribution in [0.25, 0.3) is 0 Å². The summed E-state index contributed by atoms with van der Waals surface area (Å²) >= 11 is 0.